The molecule has 3 nitrogen and oxygen atoms in total. The lowest BCUT2D eigenvalue weighted by atomic mass is 9.88. The summed E-state index contributed by atoms with van der Waals surface area (Å²) in [7, 11) is 0. The molecule has 0 rings (SSSR count). The first-order valence-corrected chi connectivity index (χ1v) is 5.62. The second kappa shape index (κ2) is 7.21. The number of hydrogen-bond donors (Lipinski definition) is 3. The summed E-state index contributed by atoms with van der Waals surface area (Å²) >= 11 is 0. The van der Waals surface area contributed by atoms with Crippen LogP contribution in [0.4, 0.5) is 0 Å². The van der Waals surface area contributed by atoms with Gasteiger partial charge in [-0.3, -0.25) is 0 Å². The lowest BCUT2D eigenvalue weighted by Crippen LogP contribution is -2.52. The molecule has 1 atom stereocenters. The highest BCUT2D eigenvalue weighted by molar-refractivity contribution is 4.86. The van der Waals surface area contributed by atoms with Crippen molar-refractivity contribution in [3.63, 3.8) is 0 Å². The van der Waals surface area contributed by atoms with Crippen LogP contribution in [-0.2, 0) is 0 Å². The van der Waals surface area contributed by atoms with Gasteiger partial charge < -0.3 is 16.2 Å². The van der Waals surface area contributed by atoms with Gasteiger partial charge in [0.15, 0.2) is 0 Å². The third kappa shape index (κ3) is 4.94. The molecule has 0 spiro atoms. The summed E-state index contributed by atoms with van der Waals surface area (Å²) in [5, 5.41) is 12.1. The zero-order valence-electron chi connectivity index (χ0n) is 9.84. The minimum absolute atomic E-state index is 0.0548. The van der Waals surface area contributed by atoms with Crippen molar-refractivity contribution in [2.75, 3.05) is 19.7 Å². The highest BCUT2D eigenvalue weighted by atomic mass is 16.2. The Hall–Kier alpha value is -0.120. The Morgan fingerprint density at radius 3 is 2.36 bits per heavy atom. The molecule has 4 N–H and O–H groups in total. The van der Waals surface area contributed by atoms with Crippen molar-refractivity contribution in [1.82, 2.24) is 5.32 Å². The van der Waals surface area contributed by atoms with Gasteiger partial charge in [0.25, 0.3) is 0 Å². The Morgan fingerprint density at radius 1 is 1.29 bits per heavy atom. The van der Waals surface area contributed by atoms with E-state index in [9.17, 15) is 0 Å². The first-order valence-electron chi connectivity index (χ1n) is 5.62. The van der Waals surface area contributed by atoms with Crippen molar-refractivity contribution in [3.8, 4) is 0 Å². The second-order valence-corrected chi connectivity index (χ2v) is 4.49. The van der Waals surface area contributed by atoms with Gasteiger partial charge in [-0.15, -0.1) is 0 Å². The molecular weight excluding hydrogens is 176 g/mol. The molecule has 0 aliphatic rings. The zero-order chi connectivity index (χ0) is 11.0. The van der Waals surface area contributed by atoms with Gasteiger partial charge in [-0.25, -0.2) is 0 Å². The predicted octanol–water partition coefficient (Wildman–Crippen LogP) is 1.11. The van der Waals surface area contributed by atoms with Crippen molar-refractivity contribution in [3.05, 3.63) is 0 Å². The van der Waals surface area contributed by atoms with Gasteiger partial charge in [0.2, 0.25) is 0 Å². The fourth-order valence-corrected chi connectivity index (χ4v) is 1.30. The van der Waals surface area contributed by atoms with E-state index in [1.54, 1.807) is 0 Å². The van der Waals surface area contributed by atoms with Crippen LogP contribution in [0.5, 0.6) is 0 Å². The number of unbranched alkanes of at least 4 members (excludes halogenated alkanes) is 2. The summed E-state index contributed by atoms with van der Waals surface area (Å²) in [5.74, 6) is 0.547. The Labute approximate surface area is 88.1 Å². The number of nitrogens with two attached hydrogens (primary N) is 1. The van der Waals surface area contributed by atoms with E-state index in [2.05, 4.69) is 26.1 Å². The Morgan fingerprint density at radius 2 is 1.93 bits per heavy atom. The minimum atomic E-state index is 0.0548. The highest BCUT2D eigenvalue weighted by Crippen LogP contribution is 2.14. The van der Waals surface area contributed by atoms with E-state index >= 15 is 0 Å². The molecule has 0 aromatic heterocycles. The van der Waals surface area contributed by atoms with Crippen LogP contribution in [0.2, 0.25) is 0 Å². The molecule has 0 saturated heterocycles. The van der Waals surface area contributed by atoms with Crippen molar-refractivity contribution >= 4 is 0 Å². The maximum Gasteiger partial charge on any atom is 0.0431 e. The Balaban J connectivity index is 3.63. The number of hydrogen-bond acceptors (Lipinski definition) is 3. The zero-order valence-corrected chi connectivity index (χ0v) is 9.84. The molecule has 0 aliphatic heterocycles. The molecule has 0 heterocycles. The molecule has 0 aromatic carbocycles. The van der Waals surface area contributed by atoms with Crippen LogP contribution in [0.15, 0.2) is 0 Å². The second-order valence-electron chi connectivity index (χ2n) is 4.49. The third-order valence-corrected chi connectivity index (χ3v) is 3.06. The summed E-state index contributed by atoms with van der Waals surface area (Å²) < 4.78 is 0. The SMILES string of the molecule is CC(C)C(C)(CN)NCCCCCO. The van der Waals surface area contributed by atoms with Gasteiger partial charge in [-0.1, -0.05) is 13.8 Å². The first-order chi connectivity index (χ1) is 6.56. The molecule has 0 saturated carbocycles. The van der Waals surface area contributed by atoms with E-state index in [-0.39, 0.29) is 5.54 Å². The molecule has 86 valence electrons. The molecule has 0 amide bonds. The third-order valence-electron chi connectivity index (χ3n) is 3.06. The summed E-state index contributed by atoms with van der Waals surface area (Å²) in [6.45, 7) is 8.51. The lowest BCUT2D eigenvalue weighted by Gasteiger charge is -2.33. The summed E-state index contributed by atoms with van der Waals surface area (Å²) in [4.78, 5) is 0. The molecule has 14 heavy (non-hydrogen) atoms. The quantitative estimate of drug-likeness (QED) is 0.517. The van der Waals surface area contributed by atoms with Crippen LogP contribution >= 0.6 is 0 Å². The van der Waals surface area contributed by atoms with E-state index in [0.29, 0.717) is 19.1 Å². The molecule has 0 radical (unpaired) electrons. The average Bonchev–Trinajstić information content (AvgIpc) is 2.17. The van der Waals surface area contributed by atoms with Gasteiger partial charge in [0, 0.05) is 18.7 Å². The maximum atomic E-state index is 8.62. The highest BCUT2D eigenvalue weighted by Gasteiger charge is 2.25. The Kier molecular flexibility index (Phi) is 7.15. The maximum absolute atomic E-state index is 8.62. The first kappa shape index (κ1) is 13.9. The van der Waals surface area contributed by atoms with Crippen molar-refractivity contribution in [2.45, 2.75) is 45.6 Å². The predicted molar refractivity (Wildman–Crippen MR) is 61.2 cm³/mol. The number of aliphatic hydroxyl groups excluding tert-OH is 1. The summed E-state index contributed by atoms with van der Waals surface area (Å²) in [6, 6.07) is 0. The minimum Gasteiger partial charge on any atom is -0.396 e. The van der Waals surface area contributed by atoms with E-state index in [0.717, 1.165) is 25.8 Å². The molecule has 3 heteroatoms. The van der Waals surface area contributed by atoms with Gasteiger partial charge in [0.05, 0.1) is 0 Å². The van der Waals surface area contributed by atoms with Crippen LogP contribution in [0.3, 0.4) is 0 Å². The van der Waals surface area contributed by atoms with Gasteiger partial charge in [-0.05, 0) is 38.6 Å². The molecular formula is C11H26N2O. The van der Waals surface area contributed by atoms with Crippen LogP contribution in [0.25, 0.3) is 0 Å². The van der Waals surface area contributed by atoms with Crippen LogP contribution < -0.4 is 11.1 Å². The van der Waals surface area contributed by atoms with E-state index < -0.39 is 0 Å². The van der Waals surface area contributed by atoms with Gasteiger partial charge in [0.1, 0.15) is 0 Å². The fourth-order valence-electron chi connectivity index (χ4n) is 1.30. The molecule has 0 fully saturated rings. The van der Waals surface area contributed by atoms with Crippen LogP contribution in [0.1, 0.15) is 40.0 Å². The largest absolute Gasteiger partial charge is 0.396 e. The normalized spacial score (nSPS) is 15.9. The average molecular weight is 202 g/mol. The number of nitrogens with one attached hydrogen (secondary N) is 1. The van der Waals surface area contributed by atoms with Gasteiger partial charge in [-0.2, -0.15) is 0 Å². The molecule has 0 aliphatic carbocycles. The Bertz CT molecular complexity index is 139. The molecule has 1 unspecified atom stereocenters. The van der Waals surface area contributed by atoms with Crippen LogP contribution in [0, 0.1) is 5.92 Å². The van der Waals surface area contributed by atoms with Crippen LogP contribution in [-0.4, -0.2) is 30.3 Å². The van der Waals surface area contributed by atoms with Crippen molar-refractivity contribution in [2.24, 2.45) is 11.7 Å². The number of rotatable bonds is 8. The fraction of sp³-hybridized carbons (Fsp3) is 1.00. The molecule has 0 aromatic rings. The topological polar surface area (TPSA) is 58.3 Å². The van der Waals surface area contributed by atoms with Gasteiger partial charge >= 0.3 is 0 Å². The standard InChI is InChI=1S/C11H26N2O/c1-10(2)11(3,9-12)13-7-5-4-6-8-14/h10,13-14H,4-9,12H2,1-3H3. The van der Waals surface area contributed by atoms with E-state index in [1.165, 1.54) is 0 Å². The van der Waals surface area contributed by atoms with E-state index in [4.69, 9.17) is 10.8 Å². The number of aliphatic hydroxyl groups is 1. The summed E-state index contributed by atoms with van der Waals surface area (Å²) in [6.07, 6.45) is 3.10. The summed E-state index contributed by atoms with van der Waals surface area (Å²) in [5.41, 5.74) is 5.80. The molecule has 0 bridgehead atoms. The van der Waals surface area contributed by atoms with Crippen molar-refractivity contribution < 1.29 is 5.11 Å². The monoisotopic (exact) mass is 202 g/mol. The van der Waals surface area contributed by atoms with Crippen molar-refractivity contribution in [1.29, 1.82) is 0 Å². The lowest BCUT2D eigenvalue weighted by molar-refractivity contribution is 0.260. The smallest absolute Gasteiger partial charge is 0.0431 e. The van der Waals surface area contributed by atoms with E-state index in [1.807, 2.05) is 0 Å².